The first-order chi connectivity index (χ1) is 9.00. The summed E-state index contributed by atoms with van der Waals surface area (Å²) in [4.78, 5) is 13.5. The van der Waals surface area contributed by atoms with Crippen LogP contribution in [0.1, 0.15) is 37.9 Å². The van der Waals surface area contributed by atoms with Crippen LogP contribution in [0.4, 0.5) is 5.69 Å². The van der Waals surface area contributed by atoms with Crippen LogP contribution in [-0.4, -0.2) is 23.6 Å². The Hall–Kier alpha value is -1.26. The van der Waals surface area contributed by atoms with Crippen LogP contribution in [-0.2, 0) is 4.79 Å². The average molecular weight is 283 g/mol. The molecule has 104 valence electrons. The fourth-order valence-corrected chi connectivity index (χ4v) is 2.83. The number of primary amides is 1. The molecule has 2 atom stereocenters. The van der Waals surface area contributed by atoms with Gasteiger partial charge in [-0.15, -0.1) is 0 Å². The van der Waals surface area contributed by atoms with Crippen LogP contribution in [0.2, 0.25) is 5.02 Å². The van der Waals surface area contributed by atoms with Gasteiger partial charge in [0.05, 0.1) is 16.8 Å². The first-order valence-electron chi connectivity index (χ1n) is 6.54. The molecular weight excluding hydrogens is 264 g/mol. The van der Waals surface area contributed by atoms with Crippen LogP contribution in [0, 0.1) is 0 Å². The van der Waals surface area contributed by atoms with Gasteiger partial charge in [-0.25, -0.2) is 0 Å². The quantitative estimate of drug-likeness (QED) is 0.893. The van der Waals surface area contributed by atoms with Gasteiger partial charge in [0, 0.05) is 6.54 Å². The lowest BCUT2D eigenvalue weighted by molar-refractivity contribution is -0.119. The van der Waals surface area contributed by atoms with Crippen molar-refractivity contribution in [1.82, 2.24) is 0 Å². The van der Waals surface area contributed by atoms with Crippen molar-refractivity contribution in [3.63, 3.8) is 0 Å². The molecule has 0 bridgehead atoms. The SMILES string of the molecule is C[C@@H](O)c1ccc(N2CCCCC2C(N)=O)c(Cl)c1. The molecule has 0 aliphatic carbocycles. The fraction of sp³-hybridized carbons (Fsp3) is 0.500. The topological polar surface area (TPSA) is 66.6 Å². The third kappa shape index (κ3) is 3.01. The number of nitrogens with zero attached hydrogens (tertiary/aromatic N) is 1. The molecule has 1 aromatic rings. The van der Waals surface area contributed by atoms with Gasteiger partial charge in [-0.3, -0.25) is 4.79 Å². The molecule has 0 radical (unpaired) electrons. The van der Waals surface area contributed by atoms with Crippen molar-refractivity contribution in [3.05, 3.63) is 28.8 Å². The lowest BCUT2D eigenvalue weighted by atomic mass is 10.00. The van der Waals surface area contributed by atoms with Gasteiger partial charge < -0.3 is 15.7 Å². The van der Waals surface area contributed by atoms with Crippen molar-refractivity contribution < 1.29 is 9.90 Å². The van der Waals surface area contributed by atoms with Crippen molar-refractivity contribution >= 4 is 23.2 Å². The molecule has 1 aliphatic rings. The number of hydrogen-bond donors (Lipinski definition) is 2. The van der Waals surface area contributed by atoms with Gasteiger partial charge in [0.25, 0.3) is 0 Å². The lowest BCUT2D eigenvalue weighted by Gasteiger charge is -2.36. The van der Waals surface area contributed by atoms with E-state index in [1.807, 2.05) is 17.0 Å². The highest BCUT2D eigenvalue weighted by Crippen LogP contribution is 2.33. The van der Waals surface area contributed by atoms with Crippen molar-refractivity contribution in [2.75, 3.05) is 11.4 Å². The maximum absolute atomic E-state index is 11.5. The number of carbonyl (C=O) groups is 1. The summed E-state index contributed by atoms with van der Waals surface area (Å²) in [6.07, 6.45) is 2.25. The monoisotopic (exact) mass is 282 g/mol. The number of anilines is 1. The van der Waals surface area contributed by atoms with E-state index >= 15 is 0 Å². The smallest absolute Gasteiger partial charge is 0.240 e. The summed E-state index contributed by atoms with van der Waals surface area (Å²) in [5.41, 5.74) is 7.04. The molecule has 1 saturated heterocycles. The number of hydrogen-bond acceptors (Lipinski definition) is 3. The summed E-state index contributed by atoms with van der Waals surface area (Å²) < 4.78 is 0. The van der Waals surface area contributed by atoms with Gasteiger partial charge >= 0.3 is 0 Å². The van der Waals surface area contributed by atoms with E-state index in [-0.39, 0.29) is 11.9 Å². The zero-order valence-electron chi connectivity index (χ0n) is 11.0. The predicted octanol–water partition coefficient (Wildman–Crippen LogP) is 2.24. The molecule has 1 aliphatic heterocycles. The number of rotatable bonds is 3. The molecule has 19 heavy (non-hydrogen) atoms. The number of halogens is 1. The molecule has 0 spiro atoms. The Morgan fingerprint density at radius 2 is 2.26 bits per heavy atom. The number of aliphatic hydroxyl groups excluding tert-OH is 1. The first kappa shape index (κ1) is 14.2. The van der Waals surface area contributed by atoms with E-state index in [2.05, 4.69) is 0 Å². The van der Waals surface area contributed by atoms with E-state index < -0.39 is 6.10 Å². The number of aliphatic hydroxyl groups is 1. The summed E-state index contributed by atoms with van der Waals surface area (Å²) in [6.45, 7) is 2.47. The summed E-state index contributed by atoms with van der Waals surface area (Å²) in [7, 11) is 0. The van der Waals surface area contributed by atoms with E-state index in [9.17, 15) is 9.90 Å². The maximum Gasteiger partial charge on any atom is 0.240 e. The molecule has 1 unspecified atom stereocenters. The number of carbonyl (C=O) groups excluding carboxylic acids is 1. The molecule has 1 heterocycles. The Bertz CT molecular complexity index is 477. The summed E-state index contributed by atoms with van der Waals surface area (Å²) in [5, 5.41) is 10.1. The zero-order valence-corrected chi connectivity index (χ0v) is 11.7. The highest BCUT2D eigenvalue weighted by molar-refractivity contribution is 6.33. The zero-order chi connectivity index (χ0) is 14.0. The second kappa shape index (κ2) is 5.80. The van der Waals surface area contributed by atoms with Crippen LogP contribution in [0.3, 0.4) is 0 Å². The molecule has 3 N–H and O–H groups in total. The maximum atomic E-state index is 11.5. The van der Waals surface area contributed by atoms with Crippen LogP contribution in [0.25, 0.3) is 0 Å². The molecule has 2 rings (SSSR count). The van der Waals surface area contributed by atoms with E-state index in [4.69, 9.17) is 17.3 Å². The molecule has 4 nitrogen and oxygen atoms in total. The van der Waals surface area contributed by atoms with Crippen LogP contribution < -0.4 is 10.6 Å². The number of benzene rings is 1. The summed E-state index contributed by atoms with van der Waals surface area (Å²) in [6, 6.07) is 5.14. The predicted molar refractivity (Wildman–Crippen MR) is 76.3 cm³/mol. The molecule has 1 fully saturated rings. The Kier molecular flexibility index (Phi) is 4.32. The largest absolute Gasteiger partial charge is 0.389 e. The third-order valence-corrected chi connectivity index (χ3v) is 3.90. The molecule has 0 aromatic heterocycles. The molecular formula is C14H19ClN2O2. The molecule has 1 aromatic carbocycles. The molecule has 1 amide bonds. The standard InChI is InChI=1S/C14H19ClN2O2/c1-9(18)10-5-6-12(11(15)8-10)17-7-3-2-4-13(17)14(16)19/h5-6,8-9,13,18H,2-4,7H2,1H3,(H2,16,19)/t9-,13?/m1/s1. The van der Waals surface area contributed by atoms with Crippen LogP contribution >= 0.6 is 11.6 Å². The minimum absolute atomic E-state index is 0.288. The summed E-state index contributed by atoms with van der Waals surface area (Å²) in [5.74, 6) is -0.310. The van der Waals surface area contributed by atoms with Gasteiger partial charge in [-0.2, -0.15) is 0 Å². The van der Waals surface area contributed by atoms with Gasteiger partial charge in [0.1, 0.15) is 6.04 Å². The summed E-state index contributed by atoms with van der Waals surface area (Å²) >= 11 is 6.27. The number of piperidine rings is 1. The van der Waals surface area contributed by atoms with Gasteiger partial charge in [-0.05, 0) is 43.9 Å². The van der Waals surface area contributed by atoms with Crippen molar-refractivity contribution in [2.45, 2.75) is 38.3 Å². The highest BCUT2D eigenvalue weighted by atomic mass is 35.5. The van der Waals surface area contributed by atoms with E-state index in [1.54, 1.807) is 13.0 Å². The molecule has 5 heteroatoms. The van der Waals surface area contributed by atoms with Gasteiger partial charge in [0.2, 0.25) is 5.91 Å². The van der Waals surface area contributed by atoms with Crippen LogP contribution in [0.15, 0.2) is 18.2 Å². The van der Waals surface area contributed by atoms with Crippen molar-refractivity contribution in [2.24, 2.45) is 5.73 Å². The number of amides is 1. The normalized spacial score (nSPS) is 21.2. The Labute approximate surface area is 118 Å². The average Bonchev–Trinajstić information content (AvgIpc) is 2.38. The molecule has 0 saturated carbocycles. The second-order valence-electron chi connectivity index (χ2n) is 4.99. The Morgan fingerprint density at radius 1 is 1.53 bits per heavy atom. The van der Waals surface area contributed by atoms with E-state index in [1.165, 1.54) is 0 Å². The fourth-order valence-electron chi connectivity index (χ4n) is 2.53. The highest BCUT2D eigenvalue weighted by Gasteiger charge is 2.28. The van der Waals surface area contributed by atoms with E-state index in [0.29, 0.717) is 5.02 Å². The van der Waals surface area contributed by atoms with Crippen molar-refractivity contribution in [1.29, 1.82) is 0 Å². The second-order valence-corrected chi connectivity index (χ2v) is 5.40. The van der Waals surface area contributed by atoms with Crippen LogP contribution in [0.5, 0.6) is 0 Å². The first-order valence-corrected chi connectivity index (χ1v) is 6.92. The minimum atomic E-state index is -0.556. The Balaban J connectivity index is 2.31. The van der Waals surface area contributed by atoms with Crippen molar-refractivity contribution in [3.8, 4) is 0 Å². The van der Waals surface area contributed by atoms with E-state index in [0.717, 1.165) is 37.1 Å². The van der Waals surface area contributed by atoms with Gasteiger partial charge in [-0.1, -0.05) is 17.7 Å². The van der Waals surface area contributed by atoms with Gasteiger partial charge in [0.15, 0.2) is 0 Å². The lowest BCUT2D eigenvalue weighted by Crippen LogP contribution is -2.48. The number of nitrogens with two attached hydrogens (primary N) is 1. The minimum Gasteiger partial charge on any atom is -0.389 e. The third-order valence-electron chi connectivity index (χ3n) is 3.59. The Morgan fingerprint density at radius 3 is 2.84 bits per heavy atom.